The first kappa shape index (κ1) is 25.4. The number of halogens is 1. The van der Waals surface area contributed by atoms with Crippen LogP contribution in [-0.4, -0.2) is 34.5 Å². The van der Waals surface area contributed by atoms with E-state index in [0.717, 1.165) is 48.1 Å². The smallest absolute Gasteiger partial charge is 0.303 e. The molecule has 0 aromatic heterocycles. The Balaban J connectivity index is 1.40. The molecular weight excluding hydrogens is 457 g/mol. The summed E-state index contributed by atoms with van der Waals surface area (Å²) in [5.74, 6) is -0.00506. The molecule has 0 atom stereocenters. The quantitative estimate of drug-likeness (QED) is 0.273. The van der Waals surface area contributed by atoms with Crippen LogP contribution in [0.4, 0.5) is 4.39 Å². The predicted octanol–water partition coefficient (Wildman–Crippen LogP) is 6.65. The molecule has 0 radical (unpaired) electrons. The standard InChI is InChI=1S/C30H32FNO4/c31-20-22-9-11-23(12-10-22)24-13-15-25(16-14-24)30(35)32(27-17-18-27)21-26-6-3-4-7-28(26)36-19-5-1-2-8-29(33)34/h3-4,6-7,9-16,27H,1-2,5,8,17-21H2,(H,33,34). The summed E-state index contributed by atoms with van der Waals surface area (Å²) in [6, 6.07) is 22.9. The van der Waals surface area contributed by atoms with Gasteiger partial charge in [-0.25, -0.2) is 4.39 Å². The zero-order chi connectivity index (χ0) is 25.3. The number of nitrogens with zero attached hydrogens (tertiary/aromatic N) is 1. The van der Waals surface area contributed by atoms with E-state index in [9.17, 15) is 14.0 Å². The van der Waals surface area contributed by atoms with Crippen molar-refractivity contribution in [2.75, 3.05) is 6.61 Å². The molecule has 188 valence electrons. The first-order valence-corrected chi connectivity index (χ1v) is 12.5. The molecule has 1 aliphatic rings. The van der Waals surface area contributed by atoms with Crippen LogP contribution >= 0.6 is 0 Å². The minimum absolute atomic E-state index is 0.000279. The van der Waals surface area contributed by atoms with Gasteiger partial charge in [-0.2, -0.15) is 0 Å². The highest BCUT2D eigenvalue weighted by Gasteiger charge is 2.33. The largest absolute Gasteiger partial charge is 0.493 e. The summed E-state index contributed by atoms with van der Waals surface area (Å²) in [5, 5.41) is 8.75. The topological polar surface area (TPSA) is 66.8 Å². The maximum absolute atomic E-state index is 13.5. The maximum Gasteiger partial charge on any atom is 0.303 e. The molecule has 1 fully saturated rings. The van der Waals surface area contributed by atoms with Crippen LogP contribution in [0.1, 0.15) is 60.0 Å². The zero-order valence-electron chi connectivity index (χ0n) is 20.4. The van der Waals surface area contributed by atoms with Gasteiger partial charge in [-0.3, -0.25) is 9.59 Å². The number of amides is 1. The van der Waals surface area contributed by atoms with Gasteiger partial charge in [0.25, 0.3) is 5.91 Å². The fourth-order valence-electron chi connectivity index (χ4n) is 4.21. The summed E-state index contributed by atoms with van der Waals surface area (Å²) in [5.41, 5.74) is 4.22. The number of para-hydroxylation sites is 1. The summed E-state index contributed by atoms with van der Waals surface area (Å²) in [4.78, 5) is 26.0. The van der Waals surface area contributed by atoms with Gasteiger partial charge < -0.3 is 14.7 Å². The number of ether oxygens (including phenoxy) is 1. The van der Waals surface area contributed by atoms with Crippen molar-refractivity contribution in [1.82, 2.24) is 4.90 Å². The molecule has 6 heteroatoms. The number of rotatable bonds is 13. The molecule has 36 heavy (non-hydrogen) atoms. The molecule has 0 aliphatic heterocycles. The molecule has 1 N–H and O–H groups in total. The average Bonchev–Trinajstić information content (AvgIpc) is 3.75. The Hall–Kier alpha value is -3.67. The number of carbonyl (C=O) groups is 2. The van der Waals surface area contributed by atoms with Gasteiger partial charge in [0.05, 0.1) is 6.61 Å². The lowest BCUT2D eigenvalue weighted by molar-refractivity contribution is -0.137. The molecule has 1 amide bonds. The van der Waals surface area contributed by atoms with Crippen LogP contribution in [0.15, 0.2) is 72.8 Å². The molecule has 0 spiro atoms. The average molecular weight is 490 g/mol. The molecule has 0 bridgehead atoms. The molecule has 0 saturated heterocycles. The minimum atomic E-state index is -0.770. The third kappa shape index (κ3) is 6.94. The Labute approximate surface area is 211 Å². The van der Waals surface area contributed by atoms with Crippen molar-refractivity contribution in [2.45, 2.75) is 57.8 Å². The Morgan fingerprint density at radius 3 is 2.19 bits per heavy atom. The predicted molar refractivity (Wildman–Crippen MR) is 138 cm³/mol. The highest BCUT2D eigenvalue weighted by atomic mass is 19.1. The van der Waals surface area contributed by atoms with E-state index in [2.05, 4.69) is 0 Å². The second-order valence-corrected chi connectivity index (χ2v) is 9.23. The summed E-state index contributed by atoms with van der Waals surface area (Å²) in [6.45, 7) is 0.512. The fraction of sp³-hybridized carbons (Fsp3) is 0.333. The van der Waals surface area contributed by atoms with Crippen LogP contribution in [0.3, 0.4) is 0 Å². The van der Waals surface area contributed by atoms with E-state index in [4.69, 9.17) is 9.84 Å². The number of carboxylic acids is 1. The highest BCUT2D eigenvalue weighted by Crippen LogP contribution is 2.32. The second-order valence-electron chi connectivity index (χ2n) is 9.23. The van der Waals surface area contributed by atoms with Crippen molar-refractivity contribution in [3.63, 3.8) is 0 Å². The molecule has 1 saturated carbocycles. The van der Waals surface area contributed by atoms with Crippen LogP contribution < -0.4 is 4.74 Å². The van der Waals surface area contributed by atoms with Gasteiger partial charge in [0.15, 0.2) is 0 Å². The molecule has 0 unspecified atom stereocenters. The Morgan fingerprint density at radius 2 is 1.56 bits per heavy atom. The molecule has 1 aliphatic carbocycles. The number of benzene rings is 3. The molecule has 4 rings (SSSR count). The van der Waals surface area contributed by atoms with Crippen LogP contribution in [-0.2, 0) is 18.0 Å². The van der Waals surface area contributed by atoms with Gasteiger partial charge in [0, 0.05) is 30.1 Å². The van der Waals surface area contributed by atoms with Crippen molar-refractivity contribution in [2.24, 2.45) is 0 Å². The first-order chi connectivity index (χ1) is 17.5. The van der Waals surface area contributed by atoms with E-state index in [1.807, 2.05) is 65.6 Å². The minimum Gasteiger partial charge on any atom is -0.493 e. The van der Waals surface area contributed by atoms with Crippen LogP contribution in [0.2, 0.25) is 0 Å². The Kier molecular flexibility index (Phi) is 8.71. The maximum atomic E-state index is 13.5. The van der Waals surface area contributed by atoms with Gasteiger partial charge in [-0.05, 0) is 67.0 Å². The Bertz CT molecular complexity index is 1160. The van der Waals surface area contributed by atoms with E-state index >= 15 is 0 Å². The zero-order valence-corrected chi connectivity index (χ0v) is 20.4. The van der Waals surface area contributed by atoms with Crippen molar-refractivity contribution in [3.8, 4) is 16.9 Å². The van der Waals surface area contributed by atoms with Crippen molar-refractivity contribution < 1.29 is 23.8 Å². The number of carboxylic acid groups (broad SMARTS) is 1. The summed E-state index contributed by atoms with van der Waals surface area (Å²) in [6.07, 6.45) is 4.41. The molecule has 5 nitrogen and oxygen atoms in total. The first-order valence-electron chi connectivity index (χ1n) is 12.5. The second kappa shape index (κ2) is 12.3. The van der Waals surface area contributed by atoms with E-state index in [-0.39, 0.29) is 18.4 Å². The fourth-order valence-corrected chi connectivity index (χ4v) is 4.21. The van der Waals surface area contributed by atoms with E-state index in [1.54, 1.807) is 12.1 Å². The Morgan fingerprint density at radius 1 is 0.889 bits per heavy atom. The molecule has 3 aromatic carbocycles. The number of carbonyl (C=O) groups excluding carboxylic acids is 1. The van der Waals surface area contributed by atoms with Gasteiger partial charge in [0.1, 0.15) is 12.4 Å². The highest BCUT2D eigenvalue weighted by molar-refractivity contribution is 5.95. The van der Waals surface area contributed by atoms with Gasteiger partial charge in [0.2, 0.25) is 0 Å². The van der Waals surface area contributed by atoms with E-state index < -0.39 is 12.6 Å². The lowest BCUT2D eigenvalue weighted by Gasteiger charge is -2.24. The third-order valence-electron chi connectivity index (χ3n) is 6.43. The monoisotopic (exact) mass is 489 g/mol. The van der Waals surface area contributed by atoms with Crippen LogP contribution in [0.5, 0.6) is 5.75 Å². The molecule has 0 heterocycles. The van der Waals surface area contributed by atoms with Crippen molar-refractivity contribution in [1.29, 1.82) is 0 Å². The molecule has 3 aromatic rings. The summed E-state index contributed by atoms with van der Waals surface area (Å²) < 4.78 is 18.8. The lowest BCUT2D eigenvalue weighted by atomic mass is 10.0. The van der Waals surface area contributed by atoms with Gasteiger partial charge >= 0.3 is 5.97 Å². The lowest BCUT2D eigenvalue weighted by Crippen LogP contribution is -2.32. The number of aliphatic carboxylic acids is 1. The normalized spacial score (nSPS) is 12.8. The summed E-state index contributed by atoms with van der Waals surface area (Å²) in [7, 11) is 0. The van der Waals surface area contributed by atoms with E-state index in [1.165, 1.54) is 0 Å². The summed E-state index contributed by atoms with van der Waals surface area (Å²) >= 11 is 0. The number of hydrogen-bond donors (Lipinski definition) is 1. The van der Waals surface area contributed by atoms with Crippen molar-refractivity contribution >= 4 is 11.9 Å². The van der Waals surface area contributed by atoms with Crippen LogP contribution in [0.25, 0.3) is 11.1 Å². The van der Waals surface area contributed by atoms with E-state index in [0.29, 0.717) is 30.7 Å². The van der Waals surface area contributed by atoms with Crippen LogP contribution in [0, 0.1) is 0 Å². The van der Waals surface area contributed by atoms with Crippen molar-refractivity contribution in [3.05, 3.63) is 89.5 Å². The van der Waals surface area contributed by atoms with Gasteiger partial charge in [-0.15, -0.1) is 0 Å². The van der Waals surface area contributed by atoms with Gasteiger partial charge in [-0.1, -0.05) is 54.6 Å². The molecular formula is C30H32FNO4. The number of alkyl halides is 1. The third-order valence-corrected chi connectivity index (χ3v) is 6.43. The number of unbranched alkanes of at least 4 members (excludes halogenated alkanes) is 2. The SMILES string of the molecule is O=C(O)CCCCCOc1ccccc1CN(C(=O)c1ccc(-c2ccc(CF)cc2)cc1)C1CC1. The number of hydrogen-bond acceptors (Lipinski definition) is 3.